The van der Waals surface area contributed by atoms with Crippen LogP contribution in [-0.4, -0.2) is 28.8 Å². The number of rotatable bonds is 2. The number of carbonyl (C=O) groups excluding carboxylic acids is 3. The highest BCUT2D eigenvalue weighted by atomic mass is 16.5. The molecule has 4 saturated carbocycles. The van der Waals surface area contributed by atoms with Gasteiger partial charge < -0.3 is 4.74 Å². The first kappa shape index (κ1) is 22.2. The van der Waals surface area contributed by atoms with Gasteiger partial charge in [-0.3, -0.25) is 19.3 Å². The Kier molecular flexibility index (Phi) is 5.33. The van der Waals surface area contributed by atoms with E-state index >= 15 is 0 Å². The van der Waals surface area contributed by atoms with Gasteiger partial charge in [-0.05, 0) is 105 Å². The molecular weight excluding hydrogens is 402 g/mol. The molecule has 0 aromatic heterocycles. The molecule has 1 heterocycles. The number of amides is 2. The molecule has 0 aromatic carbocycles. The Morgan fingerprint density at radius 2 is 1.62 bits per heavy atom. The molecule has 1 aliphatic heterocycles. The van der Waals surface area contributed by atoms with Crippen molar-refractivity contribution in [3.8, 4) is 0 Å². The fraction of sp³-hybridized carbons (Fsp3) is 0.815. The van der Waals surface area contributed by atoms with Crippen molar-refractivity contribution in [2.75, 3.05) is 0 Å². The highest BCUT2D eigenvalue weighted by Gasteiger charge is 2.59. The Morgan fingerprint density at radius 3 is 2.31 bits per heavy atom. The molecule has 176 valence electrons. The molecule has 5 aliphatic rings. The smallest absolute Gasteiger partial charge is 0.302 e. The maximum atomic E-state index is 12.4. The molecule has 1 saturated heterocycles. The largest absolute Gasteiger partial charge is 0.463 e. The zero-order valence-corrected chi connectivity index (χ0v) is 20.2. The third-order valence-corrected chi connectivity index (χ3v) is 10.6. The molecule has 2 amide bonds. The van der Waals surface area contributed by atoms with E-state index in [4.69, 9.17) is 4.74 Å². The normalized spacial score (nSPS) is 45.2. The van der Waals surface area contributed by atoms with Gasteiger partial charge >= 0.3 is 5.97 Å². The summed E-state index contributed by atoms with van der Waals surface area (Å²) in [5.74, 6) is 2.61. The maximum absolute atomic E-state index is 12.4. The van der Waals surface area contributed by atoms with Gasteiger partial charge in [-0.2, -0.15) is 0 Å². The molecule has 0 radical (unpaired) electrons. The van der Waals surface area contributed by atoms with Crippen LogP contribution in [0.2, 0.25) is 0 Å². The summed E-state index contributed by atoms with van der Waals surface area (Å²) in [5.41, 5.74) is 2.80. The van der Waals surface area contributed by atoms with Crippen LogP contribution in [0.5, 0.6) is 0 Å². The van der Waals surface area contributed by atoms with E-state index in [-0.39, 0.29) is 29.3 Å². The Morgan fingerprint density at radius 1 is 0.906 bits per heavy atom. The fourth-order valence-electron chi connectivity index (χ4n) is 9.05. The second kappa shape index (κ2) is 7.70. The van der Waals surface area contributed by atoms with Crippen LogP contribution in [0.3, 0.4) is 0 Å². The second-order valence-electron chi connectivity index (χ2n) is 11.8. The molecule has 32 heavy (non-hydrogen) atoms. The number of likely N-dealkylation sites (tertiary alicyclic amines) is 1. The van der Waals surface area contributed by atoms with Crippen molar-refractivity contribution in [1.29, 1.82) is 0 Å². The zero-order valence-electron chi connectivity index (χ0n) is 20.2. The minimum Gasteiger partial charge on any atom is -0.463 e. The summed E-state index contributed by atoms with van der Waals surface area (Å²) in [6.45, 7) is 8.50. The van der Waals surface area contributed by atoms with Crippen LogP contribution in [0.25, 0.3) is 0 Å². The van der Waals surface area contributed by atoms with Crippen molar-refractivity contribution in [3.63, 3.8) is 0 Å². The summed E-state index contributed by atoms with van der Waals surface area (Å²) < 4.78 is 5.61. The van der Waals surface area contributed by atoms with Gasteiger partial charge in [-0.25, -0.2) is 0 Å². The Labute approximate surface area is 192 Å². The van der Waals surface area contributed by atoms with Crippen LogP contribution in [-0.2, 0) is 19.1 Å². The van der Waals surface area contributed by atoms with E-state index in [1.807, 2.05) is 6.92 Å². The molecular formula is C27H39NO4. The molecule has 4 aliphatic carbocycles. The minimum absolute atomic E-state index is 0.0155. The quantitative estimate of drug-likeness (QED) is 0.426. The van der Waals surface area contributed by atoms with Gasteiger partial charge in [0.25, 0.3) is 0 Å². The summed E-state index contributed by atoms with van der Waals surface area (Å²) in [7, 11) is 0. The Hall–Kier alpha value is -1.65. The average molecular weight is 442 g/mol. The van der Waals surface area contributed by atoms with E-state index in [9.17, 15) is 14.4 Å². The van der Waals surface area contributed by atoms with Gasteiger partial charge in [0.15, 0.2) is 0 Å². The molecule has 0 bridgehead atoms. The molecule has 5 rings (SSSR count). The van der Waals surface area contributed by atoms with Crippen molar-refractivity contribution in [2.45, 2.75) is 104 Å². The summed E-state index contributed by atoms with van der Waals surface area (Å²) in [6.07, 6.45) is 11.2. The van der Waals surface area contributed by atoms with Gasteiger partial charge in [0.2, 0.25) is 11.8 Å². The first-order valence-electron chi connectivity index (χ1n) is 12.9. The number of imide groups is 1. The van der Waals surface area contributed by atoms with E-state index < -0.39 is 0 Å². The van der Waals surface area contributed by atoms with Crippen LogP contribution >= 0.6 is 0 Å². The first-order valence-corrected chi connectivity index (χ1v) is 12.9. The fourth-order valence-corrected chi connectivity index (χ4v) is 9.05. The third-order valence-electron chi connectivity index (χ3n) is 10.6. The van der Waals surface area contributed by atoms with Gasteiger partial charge in [0.1, 0.15) is 6.10 Å². The molecule has 0 N–H and O–H groups in total. The molecule has 5 fully saturated rings. The van der Waals surface area contributed by atoms with Crippen molar-refractivity contribution in [2.24, 2.45) is 34.5 Å². The van der Waals surface area contributed by atoms with E-state index in [2.05, 4.69) is 13.8 Å². The SMILES string of the molecule is CC(=O)OC1CCC2(C)C(CCC3C4CC/C(=C(/C)N5C(=O)CCC5=O)C4(C)CCC32)C1. The van der Waals surface area contributed by atoms with Crippen LogP contribution in [0.1, 0.15) is 98.3 Å². The van der Waals surface area contributed by atoms with Crippen LogP contribution < -0.4 is 0 Å². The van der Waals surface area contributed by atoms with Gasteiger partial charge in [-0.15, -0.1) is 0 Å². The minimum atomic E-state index is -0.142. The Balaban J connectivity index is 1.39. The topological polar surface area (TPSA) is 63.7 Å². The average Bonchev–Trinajstić information content (AvgIpc) is 3.26. The van der Waals surface area contributed by atoms with Crippen LogP contribution in [0, 0.1) is 34.5 Å². The lowest BCUT2D eigenvalue weighted by Gasteiger charge is -2.60. The van der Waals surface area contributed by atoms with Crippen molar-refractivity contribution < 1.29 is 19.1 Å². The monoisotopic (exact) mass is 441 g/mol. The Bertz CT molecular complexity index is 861. The van der Waals surface area contributed by atoms with E-state index in [0.29, 0.717) is 30.1 Å². The number of fused-ring (bicyclic) bond motifs is 5. The van der Waals surface area contributed by atoms with Crippen molar-refractivity contribution >= 4 is 17.8 Å². The summed E-state index contributed by atoms with van der Waals surface area (Å²) in [6, 6.07) is 0. The molecule has 5 nitrogen and oxygen atoms in total. The molecule has 7 unspecified atom stereocenters. The third kappa shape index (κ3) is 3.20. The van der Waals surface area contributed by atoms with Crippen LogP contribution in [0.4, 0.5) is 0 Å². The maximum Gasteiger partial charge on any atom is 0.302 e. The summed E-state index contributed by atoms with van der Waals surface area (Å²) >= 11 is 0. The standard InChI is InChI=1S/C27H39NO4/c1-16(28-24(30)9-10-25(28)31)21-7-8-22-20-6-5-18-15-19(32-17(2)29)11-13-26(18,3)23(20)12-14-27(21,22)4/h18-20,22-23H,5-15H2,1-4H3/b21-16+. The number of carbonyl (C=O) groups is 3. The highest BCUT2D eigenvalue weighted by molar-refractivity contribution is 6.03. The van der Waals surface area contributed by atoms with Gasteiger partial charge in [-0.1, -0.05) is 13.8 Å². The predicted molar refractivity (Wildman–Crippen MR) is 121 cm³/mol. The van der Waals surface area contributed by atoms with Crippen molar-refractivity contribution in [1.82, 2.24) is 4.90 Å². The van der Waals surface area contributed by atoms with Gasteiger partial charge in [0, 0.05) is 25.5 Å². The number of ether oxygens (including phenoxy) is 1. The number of esters is 1. The lowest BCUT2D eigenvalue weighted by Crippen LogP contribution is -2.53. The number of hydrogen-bond donors (Lipinski definition) is 0. The number of allylic oxidation sites excluding steroid dienone is 2. The predicted octanol–water partition coefficient (Wildman–Crippen LogP) is 5.38. The summed E-state index contributed by atoms with van der Waals surface area (Å²) in [5, 5.41) is 0. The van der Waals surface area contributed by atoms with Crippen LogP contribution in [0.15, 0.2) is 11.3 Å². The summed E-state index contributed by atoms with van der Waals surface area (Å²) in [4.78, 5) is 37.8. The van der Waals surface area contributed by atoms with Crippen molar-refractivity contribution in [3.05, 3.63) is 11.3 Å². The van der Waals surface area contributed by atoms with Gasteiger partial charge in [0.05, 0.1) is 0 Å². The van der Waals surface area contributed by atoms with E-state index in [1.54, 1.807) is 0 Å². The number of nitrogens with zero attached hydrogens (tertiary/aromatic N) is 1. The molecule has 0 aromatic rings. The lowest BCUT2D eigenvalue weighted by molar-refractivity contribution is -0.158. The van der Waals surface area contributed by atoms with E-state index in [1.165, 1.54) is 49.5 Å². The molecule has 5 heteroatoms. The zero-order chi connectivity index (χ0) is 22.8. The first-order chi connectivity index (χ1) is 15.1. The van der Waals surface area contributed by atoms with E-state index in [0.717, 1.165) is 43.2 Å². The number of hydrogen-bond acceptors (Lipinski definition) is 4. The molecule has 7 atom stereocenters. The lowest BCUT2D eigenvalue weighted by atomic mass is 9.45. The second-order valence-corrected chi connectivity index (χ2v) is 11.8. The molecule has 0 spiro atoms. The highest BCUT2D eigenvalue weighted by Crippen LogP contribution is 2.67.